The van der Waals surface area contributed by atoms with Gasteiger partial charge in [0.2, 0.25) is 5.91 Å². The van der Waals surface area contributed by atoms with E-state index in [0.29, 0.717) is 18.0 Å². The molecule has 0 radical (unpaired) electrons. The van der Waals surface area contributed by atoms with Crippen LogP contribution in [-0.2, 0) is 4.79 Å². The van der Waals surface area contributed by atoms with Crippen LogP contribution in [0.5, 0.6) is 5.75 Å². The third kappa shape index (κ3) is 6.75. The first-order valence-corrected chi connectivity index (χ1v) is 8.70. The molecule has 5 nitrogen and oxygen atoms in total. The zero-order valence-electron chi connectivity index (χ0n) is 14.9. The Morgan fingerprint density at radius 1 is 1.00 bits per heavy atom. The normalized spacial score (nSPS) is 10.8. The monoisotopic (exact) mass is 339 g/mol. The summed E-state index contributed by atoms with van der Waals surface area (Å²) in [6.45, 7) is 4.37. The van der Waals surface area contributed by atoms with Gasteiger partial charge in [-0.05, 0) is 42.8 Å². The Hall–Kier alpha value is -2.69. The van der Waals surface area contributed by atoms with Crippen molar-refractivity contribution in [3.63, 3.8) is 0 Å². The SMILES string of the molecule is CCCCCCOc1ccccc1N=Nc1ccc(NC(C)=O)cc1. The van der Waals surface area contributed by atoms with Crippen LogP contribution in [0.15, 0.2) is 58.8 Å². The average Bonchev–Trinajstić information content (AvgIpc) is 2.61. The van der Waals surface area contributed by atoms with Gasteiger partial charge >= 0.3 is 0 Å². The van der Waals surface area contributed by atoms with Crippen LogP contribution in [0.25, 0.3) is 0 Å². The molecule has 0 atom stereocenters. The van der Waals surface area contributed by atoms with Gasteiger partial charge in [0.05, 0.1) is 12.3 Å². The summed E-state index contributed by atoms with van der Waals surface area (Å²) in [6, 6.07) is 14.9. The van der Waals surface area contributed by atoms with E-state index in [1.54, 1.807) is 12.1 Å². The number of nitrogens with one attached hydrogen (secondary N) is 1. The van der Waals surface area contributed by atoms with Gasteiger partial charge in [-0.25, -0.2) is 0 Å². The molecule has 0 aliphatic carbocycles. The molecule has 0 heterocycles. The summed E-state index contributed by atoms with van der Waals surface area (Å²) < 4.78 is 5.83. The quantitative estimate of drug-likeness (QED) is 0.448. The number of azo groups is 1. The van der Waals surface area contributed by atoms with E-state index in [-0.39, 0.29) is 5.91 Å². The van der Waals surface area contributed by atoms with Gasteiger partial charge in [-0.2, -0.15) is 5.11 Å². The number of rotatable bonds is 9. The number of amides is 1. The molecule has 0 unspecified atom stereocenters. The predicted molar refractivity (Wildman–Crippen MR) is 101 cm³/mol. The Balaban J connectivity index is 1.97. The van der Waals surface area contributed by atoms with E-state index in [4.69, 9.17) is 4.74 Å². The van der Waals surface area contributed by atoms with Gasteiger partial charge in [0.1, 0.15) is 11.4 Å². The van der Waals surface area contributed by atoms with Gasteiger partial charge in [-0.15, -0.1) is 5.11 Å². The Morgan fingerprint density at radius 3 is 2.48 bits per heavy atom. The van der Waals surface area contributed by atoms with Gasteiger partial charge < -0.3 is 10.1 Å². The number of unbranched alkanes of at least 4 members (excludes halogenated alkanes) is 3. The number of carbonyl (C=O) groups excluding carboxylic acids is 1. The molecule has 5 heteroatoms. The fraction of sp³-hybridized carbons (Fsp3) is 0.350. The molecular formula is C20H25N3O2. The van der Waals surface area contributed by atoms with Crippen molar-refractivity contribution in [3.05, 3.63) is 48.5 Å². The van der Waals surface area contributed by atoms with Crippen molar-refractivity contribution in [2.24, 2.45) is 10.2 Å². The third-order valence-corrected chi connectivity index (χ3v) is 3.58. The van der Waals surface area contributed by atoms with E-state index < -0.39 is 0 Å². The molecule has 2 aromatic carbocycles. The van der Waals surface area contributed by atoms with Crippen LogP contribution in [0.1, 0.15) is 39.5 Å². The van der Waals surface area contributed by atoms with Crippen LogP contribution in [0.2, 0.25) is 0 Å². The summed E-state index contributed by atoms with van der Waals surface area (Å²) in [7, 11) is 0. The van der Waals surface area contributed by atoms with E-state index in [1.807, 2.05) is 36.4 Å². The predicted octanol–water partition coefficient (Wildman–Crippen LogP) is 6.02. The van der Waals surface area contributed by atoms with Crippen molar-refractivity contribution < 1.29 is 9.53 Å². The molecule has 0 saturated heterocycles. The lowest BCUT2D eigenvalue weighted by atomic mass is 10.2. The zero-order valence-corrected chi connectivity index (χ0v) is 14.9. The average molecular weight is 339 g/mol. The first-order valence-electron chi connectivity index (χ1n) is 8.70. The Labute approximate surface area is 149 Å². The molecule has 0 aromatic heterocycles. The molecule has 0 saturated carbocycles. The Kier molecular flexibility index (Phi) is 7.63. The topological polar surface area (TPSA) is 63.1 Å². The van der Waals surface area contributed by atoms with Gasteiger partial charge in [0, 0.05) is 12.6 Å². The van der Waals surface area contributed by atoms with E-state index in [1.165, 1.54) is 26.2 Å². The smallest absolute Gasteiger partial charge is 0.221 e. The summed E-state index contributed by atoms with van der Waals surface area (Å²) in [5.41, 5.74) is 2.16. The molecule has 0 spiro atoms. The second kappa shape index (κ2) is 10.2. The third-order valence-electron chi connectivity index (χ3n) is 3.58. The summed E-state index contributed by atoms with van der Waals surface area (Å²) in [5.74, 6) is 0.650. The van der Waals surface area contributed by atoms with Crippen molar-refractivity contribution in [3.8, 4) is 5.75 Å². The van der Waals surface area contributed by atoms with Gasteiger partial charge in [0.25, 0.3) is 0 Å². The molecule has 0 aliphatic rings. The lowest BCUT2D eigenvalue weighted by Crippen LogP contribution is -2.04. The lowest BCUT2D eigenvalue weighted by Gasteiger charge is -2.07. The maximum atomic E-state index is 11.0. The van der Waals surface area contributed by atoms with Crippen molar-refractivity contribution in [2.75, 3.05) is 11.9 Å². The molecule has 0 fully saturated rings. The fourth-order valence-electron chi connectivity index (χ4n) is 2.30. The number of benzene rings is 2. The highest BCUT2D eigenvalue weighted by molar-refractivity contribution is 5.88. The fourth-order valence-corrected chi connectivity index (χ4v) is 2.30. The number of nitrogens with zero attached hydrogens (tertiary/aromatic N) is 2. The molecule has 25 heavy (non-hydrogen) atoms. The minimum Gasteiger partial charge on any atom is -0.491 e. The van der Waals surface area contributed by atoms with Crippen LogP contribution < -0.4 is 10.1 Å². The zero-order chi connectivity index (χ0) is 17.9. The van der Waals surface area contributed by atoms with Crippen molar-refractivity contribution >= 4 is 23.0 Å². The van der Waals surface area contributed by atoms with Crippen LogP contribution in [0.3, 0.4) is 0 Å². The van der Waals surface area contributed by atoms with Crippen LogP contribution in [0, 0.1) is 0 Å². The molecule has 132 valence electrons. The highest BCUT2D eigenvalue weighted by atomic mass is 16.5. The molecule has 2 aromatic rings. The van der Waals surface area contributed by atoms with Gasteiger partial charge in [-0.3, -0.25) is 4.79 Å². The van der Waals surface area contributed by atoms with E-state index in [0.717, 1.165) is 17.9 Å². The van der Waals surface area contributed by atoms with Gasteiger partial charge in [-0.1, -0.05) is 38.3 Å². The second-order valence-electron chi connectivity index (χ2n) is 5.80. The van der Waals surface area contributed by atoms with Gasteiger partial charge in [0.15, 0.2) is 0 Å². The maximum absolute atomic E-state index is 11.0. The molecule has 2 rings (SSSR count). The standard InChI is InChI=1S/C20H25N3O2/c1-3-4-5-8-15-25-20-10-7-6-9-19(20)23-22-18-13-11-17(12-14-18)21-16(2)24/h6-7,9-14H,3-5,8,15H2,1-2H3,(H,21,24). The van der Waals surface area contributed by atoms with Crippen molar-refractivity contribution in [2.45, 2.75) is 39.5 Å². The minimum atomic E-state index is -0.0978. The summed E-state index contributed by atoms with van der Waals surface area (Å²) in [5, 5.41) is 11.3. The lowest BCUT2D eigenvalue weighted by molar-refractivity contribution is -0.114. The molecule has 1 amide bonds. The van der Waals surface area contributed by atoms with Crippen molar-refractivity contribution in [1.29, 1.82) is 0 Å². The highest BCUT2D eigenvalue weighted by Crippen LogP contribution is 2.29. The molecule has 0 aliphatic heterocycles. The Bertz CT molecular complexity index is 696. The number of ether oxygens (including phenoxy) is 1. The van der Waals surface area contributed by atoms with Crippen LogP contribution in [0.4, 0.5) is 17.1 Å². The summed E-state index contributed by atoms with van der Waals surface area (Å²) in [6.07, 6.45) is 4.68. The maximum Gasteiger partial charge on any atom is 0.221 e. The number of hydrogen-bond acceptors (Lipinski definition) is 4. The largest absolute Gasteiger partial charge is 0.491 e. The first-order chi connectivity index (χ1) is 12.2. The molecule has 0 bridgehead atoms. The number of hydrogen-bond donors (Lipinski definition) is 1. The van der Waals surface area contributed by atoms with E-state index >= 15 is 0 Å². The summed E-state index contributed by atoms with van der Waals surface area (Å²) >= 11 is 0. The van der Waals surface area contributed by atoms with Crippen LogP contribution in [-0.4, -0.2) is 12.5 Å². The highest BCUT2D eigenvalue weighted by Gasteiger charge is 2.02. The number of anilines is 1. The Morgan fingerprint density at radius 2 is 1.76 bits per heavy atom. The van der Waals surface area contributed by atoms with E-state index in [9.17, 15) is 4.79 Å². The second-order valence-corrected chi connectivity index (χ2v) is 5.80. The summed E-state index contributed by atoms with van der Waals surface area (Å²) in [4.78, 5) is 11.0. The number of para-hydroxylation sites is 1. The number of carbonyl (C=O) groups is 1. The van der Waals surface area contributed by atoms with E-state index in [2.05, 4.69) is 22.5 Å². The molecular weight excluding hydrogens is 314 g/mol. The first kappa shape index (κ1) is 18.6. The molecule has 1 N–H and O–H groups in total. The van der Waals surface area contributed by atoms with Crippen LogP contribution >= 0.6 is 0 Å². The van der Waals surface area contributed by atoms with Crippen molar-refractivity contribution in [1.82, 2.24) is 0 Å². The minimum absolute atomic E-state index is 0.0978.